The van der Waals surface area contributed by atoms with Gasteiger partial charge in [0.15, 0.2) is 0 Å². The Kier molecular flexibility index (Phi) is 19.5. The summed E-state index contributed by atoms with van der Waals surface area (Å²) in [5.41, 5.74) is 1.30. The number of rotatable bonds is 22. The maximum Gasteiger partial charge on any atom is 0.326 e. The van der Waals surface area contributed by atoms with Crippen LogP contribution in [0.4, 0.5) is 0 Å². The summed E-state index contributed by atoms with van der Waals surface area (Å²) in [6.45, 7) is 6.05. The van der Waals surface area contributed by atoms with E-state index in [2.05, 4.69) is 18.8 Å². The number of carbonyl (C=O) groups is 3. The Morgan fingerprint density at radius 3 is 1.57 bits per heavy atom. The van der Waals surface area contributed by atoms with Crippen molar-refractivity contribution in [3.05, 3.63) is 12.2 Å². The van der Waals surface area contributed by atoms with Crippen molar-refractivity contribution in [2.45, 2.75) is 129 Å². The number of hydrogen-bond donors (Lipinski definition) is 2. The first-order valence-corrected chi connectivity index (χ1v) is 12.1. The molecule has 0 aromatic carbocycles. The quantitative estimate of drug-likeness (QED) is 0.121. The molecule has 0 heterocycles. The van der Waals surface area contributed by atoms with Crippen molar-refractivity contribution in [3.63, 3.8) is 0 Å². The molecule has 0 aliphatic heterocycles. The first-order valence-electron chi connectivity index (χ1n) is 12.1. The van der Waals surface area contributed by atoms with Gasteiger partial charge in [-0.3, -0.25) is 4.79 Å². The third-order valence-corrected chi connectivity index (χ3v) is 5.46. The van der Waals surface area contributed by atoms with Gasteiger partial charge in [0.05, 0.1) is 0 Å². The number of allylic oxidation sites excluding steroid dienone is 1. The minimum Gasteiger partial charge on any atom is -0.480 e. The minimum atomic E-state index is -1.08. The van der Waals surface area contributed by atoms with E-state index in [0.717, 1.165) is 19.3 Å². The highest BCUT2D eigenvalue weighted by molar-refractivity contribution is 5.83. The summed E-state index contributed by atoms with van der Waals surface area (Å²) in [5, 5.41) is 11.5. The second-order valence-corrected chi connectivity index (χ2v) is 8.61. The number of aldehydes is 1. The van der Waals surface area contributed by atoms with Crippen LogP contribution < -0.4 is 5.32 Å². The summed E-state index contributed by atoms with van der Waals surface area (Å²) in [4.78, 5) is 33.2. The molecular weight excluding hydrogens is 378 g/mol. The summed E-state index contributed by atoms with van der Waals surface area (Å²) >= 11 is 0. The topological polar surface area (TPSA) is 83.5 Å². The summed E-state index contributed by atoms with van der Waals surface area (Å²) in [6, 6.07) is -0.954. The highest BCUT2D eigenvalue weighted by atomic mass is 16.4. The van der Waals surface area contributed by atoms with Gasteiger partial charge in [0.1, 0.15) is 12.3 Å². The molecule has 0 aromatic heterocycles. The zero-order chi connectivity index (χ0) is 22.5. The van der Waals surface area contributed by atoms with E-state index >= 15 is 0 Å². The van der Waals surface area contributed by atoms with Gasteiger partial charge in [0.25, 0.3) is 0 Å². The minimum absolute atomic E-state index is 0.146. The maximum absolute atomic E-state index is 11.8. The Morgan fingerprint density at radius 2 is 1.20 bits per heavy atom. The van der Waals surface area contributed by atoms with Gasteiger partial charge in [-0.1, -0.05) is 82.6 Å². The SMILES string of the molecule is C=C(C)CCCCCCCCCCCCCCCCC(=O)NC(CCC=O)C(=O)O. The molecule has 1 unspecified atom stereocenters. The molecule has 0 aliphatic carbocycles. The van der Waals surface area contributed by atoms with Crippen LogP contribution in [0.3, 0.4) is 0 Å². The number of amides is 1. The lowest BCUT2D eigenvalue weighted by Gasteiger charge is -2.13. The van der Waals surface area contributed by atoms with Crippen molar-refractivity contribution >= 4 is 18.2 Å². The van der Waals surface area contributed by atoms with E-state index in [4.69, 9.17) is 5.11 Å². The number of carbonyl (C=O) groups excluding carboxylic acids is 2. The van der Waals surface area contributed by atoms with Crippen molar-refractivity contribution in [2.24, 2.45) is 0 Å². The molecule has 0 bridgehead atoms. The molecule has 1 atom stereocenters. The Labute approximate surface area is 184 Å². The van der Waals surface area contributed by atoms with Crippen LogP contribution in [0, 0.1) is 0 Å². The third kappa shape index (κ3) is 19.7. The normalized spacial score (nSPS) is 11.8. The number of aliphatic carboxylic acids is 1. The summed E-state index contributed by atoms with van der Waals surface area (Å²) < 4.78 is 0. The van der Waals surface area contributed by atoms with Crippen LogP contribution >= 0.6 is 0 Å². The molecule has 5 nitrogen and oxygen atoms in total. The Balaban J connectivity index is 3.37. The molecule has 0 fully saturated rings. The smallest absolute Gasteiger partial charge is 0.326 e. The highest BCUT2D eigenvalue weighted by Crippen LogP contribution is 2.14. The predicted octanol–water partition coefficient (Wildman–Crippen LogP) is 6.35. The van der Waals surface area contributed by atoms with Crippen molar-refractivity contribution < 1.29 is 19.5 Å². The van der Waals surface area contributed by atoms with Crippen LogP contribution in [0.2, 0.25) is 0 Å². The van der Waals surface area contributed by atoms with E-state index in [1.165, 1.54) is 82.6 Å². The van der Waals surface area contributed by atoms with Crippen LogP contribution in [-0.2, 0) is 14.4 Å². The maximum atomic E-state index is 11.8. The Hall–Kier alpha value is -1.65. The fourth-order valence-electron chi connectivity index (χ4n) is 3.59. The van der Waals surface area contributed by atoms with Gasteiger partial charge in [-0.25, -0.2) is 4.79 Å². The van der Waals surface area contributed by atoms with Gasteiger partial charge in [0, 0.05) is 12.8 Å². The molecule has 5 heteroatoms. The fourth-order valence-corrected chi connectivity index (χ4v) is 3.59. The molecule has 0 aromatic rings. The average molecular weight is 424 g/mol. The molecular formula is C25H45NO4. The number of carboxylic acids is 1. The van der Waals surface area contributed by atoms with Crippen LogP contribution in [-0.4, -0.2) is 29.3 Å². The summed E-state index contributed by atoms with van der Waals surface area (Å²) in [5.74, 6) is -1.31. The van der Waals surface area contributed by atoms with Crippen LogP contribution in [0.25, 0.3) is 0 Å². The zero-order valence-corrected chi connectivity index (χ0v) is 19.3. The highest BCUT2D eigenvalue weighted by Gasteiger charge is 2.18. The summed E-state index contributed by atoms with van der Waals surface area (Å²) in [7, 11) is 0. The Morgan fingerprint density at radius 1 is 0.800 bits per heavy atom. The molecule has 0 saturated carbocycles. The first-order chi connectivity index (χ1) is 14.5. The van der Waals surface area contributed by atoms with E-state index in [9.17, 15) is 14.4 Å². The monoisotopic (exact) mass is 423 g/mol. The van der Waals surface area contributed by atoms with E-state index in [-0.39, 0.29) is 18.7 Å². The van der Waals surface area contributed by atoms with Gasteiger partial charge < -0.3 is 15.2 Å². The first kappa shape index (κ1) is 28.4. The molecule has 0 saturated heterocycles. The number of hydrogen-bond acceptors (Lipinski definition) is 3. The number of carboxylic acid groups (broad SMARTS) is 1. The average Bonchev–Trinajstić information content (AvgIpc) is 2.70. The number of nitrogens with one attached hydrogen (secondary N) is 1. The van der Waals surface area contributed by atoms with E-state index in [1.807, 2.05) is 0 Å². The van der Waals surface area contributed by atoms with E-state index in [1.54, 1.807) is 0 Å². The lowest BCUT2D eigenvalue weighted by atomic mass is 10.0. The predicted molar refractivity (Wildman–Crippen MR) is 124 cm³/mol. The largest absolute Gasteiger partial charge is 0.480 e. The second-order valence-electron chi connectivity index (χ2n) is 8.61. The zero-order valence-electron chi connectivity index (χ0n) is 19.3. The van der Waals surface area contributed by atoms with Gasteiger partial charge in [-0.15, -0.1) is 6.58 Å². The van der Waals surface area contributed by atoms with Crippen molar-refractivity contribution in [1.29, 1.82) is 0 Å². The van der Waals surface area contributed by atoms with Crippen LogP contribution in [0.5, 0.6) is 0 Å². The molecule has 30 heavy (non-hydrogen) atoms. The van der Waals surface area contributed by atoms with Crippen molar-refractivity contribution in [2.75, 3.05) is 0 Å². The number of unbranched alkanes of at least 4 members (excludes halogenated alkanes) is 13. The lowest BCUT2D eigenvalue weighted by molar-refractivity contribution is -0.142. The van der Waals surface area contributed by atoms with Gasteiger partial charge in [0.2, 0.25) is 5.91 Å². The lowest BCUT2D eigenvalue weighted by Crippen LogP contribution is -2.40. The molecule has 1 amide bonds. The standard InChI is InChI=1S/C25H45NO4/c1-22(2)18-15-13-11-9-7-5-3-4-6-8-10-12-14-16-20-24(28)26-23(25(29)30)19-17-21-27/h21,23H,1,3-20H2,2H3,(H,26,28)(H,29,30). The molecule has 174 valence electrons. The molecule has 0 aliphatic rings. The van der Waals surface area contributed by atoms with Gasteiger partial charge in [-0.2, -0.15) is 0 Å². The van der Waals surface area contributed by atoms with Crippen molar-refractivity contribution in [1.82, 2.24) is 5.32 Å². The van der Waals surface area contributed by atoms with E-state index < -0.39 is 12.0 Å². The molecule has 0 radical (unpaired) electrons. The van der Waals surface area contributed by atoms with Gasteiger partial charge >= 0.3 is 5.97 Å². The molecule has 2 N–H and O–H groups in total. The van der Waals surface area contributed by atoms with E-state index in [0.29, 0.717) is 12.7 Å². The Bertz CT molecular complexity index is 476. The van der Waals surface area contributed by atoms with Gasteiger partial charge in [-0.05, 0) is 32.6 Å². The van der Waals surface area contributed by atoms with Crippen molar-refractivity contribution in [3.8, 4) is 0 Å². The van der Waals surface area contributed by atoms with Crippen LogP contribution in [0.15, 0.2) is 12.2 Å². The molecule has 0 rings (SSSR count). The molecule has 0 spiro atoms. The fraction of sp³-hybridized carbons (Fsp3) is 0.800. The second kappa shape index (κ2) is 20.6. The summed E-state index contributed by atoms with van der Waals surface area (Å²) in [6.07, 6.45) is 20.0. The third-order valence-electron chi connectivity index (χ3n) is 5.46. The van der Waals surface area contributed by atoms with Crippen LogP contribution in [0.1, 0.15) is 122 Å².